The number of nitrogens with zero attached hydrogens (tertiary/aromatic N) is 1. The number of thiazole rings is 1. The van der Waals surface area contributed by atoms with Gasteiger partial charge in [0.05, 0.1) is 15.8 Å². The zero-order valence-electron chi connectivity index (χ0n) is 15.7. The van der Waals surface area contributed by atoms with Crippen molar-refractivity contribution in [3.63, 3.8) is 0 Å². The molecule has 3 aromatic rings. The van der Waals surface area contributed by atoms with Crippen LogP contribution in [0.15, 0.2) is 59.5 Å². The Balaban J connectivity index is 1.44. The van der Waals surface area contributed by atoms with Crippen molar-refractivity contribution in [2.24, 2.45) is 0 Å². The Morgan fingerprint density at radius 2 is 1.90 bits per heavy atom. The monoisotopic (exact) mass is 442 g/mol. The maximum atomic E-state index is 12.6. The van der Waals surface area contributed by atoms with E-state index in [0.717, 1.165) is 16.2 Å². The third kappa shape index (κ3) is 4.71. The van der Waals surface area contributed by atoms with Crippen LogP contribution in [0.1, 0.15) is 40.2 Å². The Kier molecular flexibility index (Phi) is 6.04. The van der Waals surface area contributed by atoms with Gasteiger partial charge in [0, 0.05) is 16.3 Å². The Labute approximate surface area is 182 Å². The van der Waals surface area contributed by atoms with E-state index >= 15 is 0 Å². The van der Waals surface area contributed by atoms with Gasteiger partial charge in [0.25, 0.3) is 0 Å². The van der Waals surface area contributed by atoms with Crippen molar-refractivity contribution in [3.05, 3.63) is 75.8 Å². The maximum absolute atomic E-state index is 12.6. The predicted octanol–water partition coefficient (Wildman–Crippen LogP) is 5.83. The van der Waals surface area contributed by atoms with Crippen LogP contribution >= 0.6 is 34.7 Å². The topological polar surface area (TPSA) is 59.1 Å². The number of carbonyl (C=O) groups excluding carboxylic acids is 2. The number of benzene rings is 2. The third-order valence-electron chi connectivity index (χ3n) is 4.82. The summed E-state index contributed by atoms with van der Waals surface area (Å²) in [6.07, 6.45) is 1.20. The first-order chi connectivity index (χ1) is 14.0. The molecule has 4 rings (SSSR count). The molecule has 2 aromatic carbocycles. The summed E-state index contributed by atoms with van der Waals surface area (Å²) in [7, 11) is 0. The van der Waals surface area contributed by atoms with Crippen LogP contribution in [0.4, 0.5) is 5.13 Å². The lowest BCUT2D eigenvalue weighted by atomic mass is 9.85. The number of amides is 1. The predicted molar refractivity (Wildman–Crippen MR) is 119 cm³/mol. The van der Waals surface area contributed by atoms with Crippen LogP contribution in [0.5, 0.6) is 0 Å². The smallest absolute Gasteiger partial charge is 0.239 e. The molecule has 1 aliphatic carbocycles. The highest BCUT2D eigenvalue weighted by Crippen LogP contribution is 2.37. The van der Waals surface area contributed by atoms with E-state index in [4.69, 9.17) is 11.6 Å². The molecule has 148 valence electrons. The Morgan fingerprint density at radius 1 is 1.17 bits per heavy atom. The SMILES string of the molecule is C[C@H](Sc1ccc(Cl)cc1)C(=O)Nc1nc2c(s1)C(=O)C[C@@H](c1ccccc1)C2. The van der Waals surface area contributed by atoms with Gasteiger partial charge >= 0.3 is 0 Å². The number of rotatable bonds is 5. The number of fused-ring (bicyclic) bond motifs is 1. The zero-order valence-corrected chi connectivity index (χ0v) is 18.1. The summed E-state index contributed by atoms with van der Waals surface area (Å²) in [6, 6.07) is 17.4. The van der Waals surface area contributed by atoms with Gasteiger partial charge in [-0.3, -0.25) is 9.59 Å². The number of ketones is 1. The molecule has 0 bridgehead atoms. The minimum absolute atomic E-state index is 0.0988. The number of carbonyl (C=O) groups is 2. The molecule has 0 aliphatic heterocycles. The van der Waals surface area contributed by atoms with Crippen molar-refractivity contribution in [1.82, 2.24) is 4.98 Å². The lowest BCUT2D eigenvalue weighted by molar-refractivity contribution is -0.115. The van der Waals surface area contributed by atoms with E-state index < -0.39 is 0 Å². The Morgan fingerprint density at radius 3 is 2.62 bits per heavy atom. The number of thioether (sulfide) groups is 1. The summed E-state index contributed by atoms with van der Waals surface area (Å²) >= 11 is 8.63. The van der Waals surface area contributed by atoms with Gasteiger partial charge in [0.2, 0.25) is 5.91 Å². The molecule has 29 heavy (non-hydrogen) atoms. The van der Waals surface area contributed by atoms with E-state index in [1.54, 1.807) is 12.1 Å². The summed E-state index contributed by atoms with van der Waals surface area (Å²) in [5.74, 6) is 0.103. The highest BCUT2D eigenvalue weighted by atomic mass is 35.5. The van der Waals surface area contributed by atoms with Crippen molar-refractivity contribution in [2.75, 3.05) is 5.32 Å². The molecule has 1 amide bonds. The van der Waals surface area contributed by atoms with Crippen molar-refractivity contribution < 1.29 is 9.59 Å². The van der Waals surface area contributed by atoms with Gasteiger partial charge in [-0.25, -0.2) is 4.98 Å². The van der Waals surface area contributed by atoms with Gasteiger partial charge in [-0.05, 0) is 49.1 Å². The molecule has 1 heterocycles. The van der Waals surface area contributed by atoms with Gasteiger partial charge < -0.3 is 5.32 Å². The van der Waals surface area contributed by atoms with Crippen LogP contribution in [0.2, 0.25) is 5.02 Å². The maximum Gasteiger partial charge on any atom is 0.239 e. The zero-order chi connectivity index (χ0) is 20.4. The molecule has 1 aromatic heterocycles. The van der Waals surface area contributed by atoms with Gasteiger partial charge in [-0.15, -0.1) is 11.8 Å². The van der Waals surface area contributed by atoms with E-state index in [9.17, 15) is 9.59 Å². The van der Waals surface area contributed by atoms with Crippen LogP contribution in [-0.4, -0.2) is 21.9 Å². The second kappa shape index (κ2) is 8.69. The van der Waals surface area contributed by atoms with Crippen LogP contribution in [0.3, 0.4) is 0 Å². The van der Waals surface area contributed by atoms with Crippen molar-refractivity contribution in [2.45, 2.75) is 35.8 Å². The average Bonchev–Trinajstić information content (AvgIpc) is 3.13. The molecular weight excluding hydrogens is 424 g/mol. The molecule has 0 fully saturated rings. The summed E-state index contributed by atoms with van der Waals surface area (Å²) < 4.78 is 0. The van der Waals surface area contributed by atoms with E-state index in [-0.39, 0.29) is 22.9 Å². The molecule has 0 unspecified atom stereocenters. The molecular formula is C22H19ClN2O2S2. The van der Waals surface area contributed by atoms with E-state index in [1.807, 2.05) is 49.4 Å². The summed E-state index contributed by atoms with van der Waals surface area (Å²) in [6.45, 7) is 1.85. The van der Waals surface area contributed by atoms with Crippen molar-refractivity contribution >= 4 is 51.5 Å². The standard InChI is InChI=1S/C22H19ClN2O2S2/c1-13(28-17-9-7-16(23)8-10-17)21(27)25-22-24-18-11-15(12-19(26)20(18)29-22)14-5-3-2-4-6-14/h2-10,13,15H,11-12H2,1H3,(H,24,25,27)/t13-,15-/m0/s1. The normalized spacial score (nSPS) is 16.9. The fraction of sp³-hybridized carbons (Fsp3) is 0.227. The van der Waals surface area contributed by atoms with Crippen LogP contribution in [-0.2, 0) is 11.2 Å². The molecule has 1 aliphatic rings. The number of Topliss-reactive ketones (excluding diaryl/α,β-unsaturated/α-hetero) is 1. The molecule has 0 radical (unpaired) electrons. The lowest BCUT2D eigenvalue weighted by Crippen LogP contribution is -2.22. The molecule has 4 nitrogen and oxygen atoms in total. The molecule has 7 heteroatoms. The van der Waals surface area contributed by atoms with Gasteiger partial charge in [-0.2, -0.15) is 0 Å². The van der Waals surface area contributed by atoms with E-state index in [1.165, 1.54) is 23.1 Å². The fourth-order valence-electron chi connectivity index (χ4n) is 3.32. The molecule has 0 saturated carbocycles. The quantitative estimate of drug-likeness (QED) is 0.505. The lowest BCUT2D eigenvalue weighted by Gasteiger charge is -2.20. The average molecular weight is 443 g/mol. The van der Waals surface area contributed by atoms with E-state index in [2.05, 4.69) is 10.3 Å². The first-order valence-corrected chi connectivity index (χ1v) is 11.4. The highest BCUT2D eigenvalue weighted by Gasteiger charge is 2.30. The highest BCUT2D eigenvalue weighted by molar-refractivity contribution is 8.00. The summed E-state index contributed by atoms with van der Waals surface area (Å²) in [5, 5.41) is 3.73. The third-order valence-corrected chi connectivity index (χ3v) is 7.24. The number of aromatic nitrogens is 1. The minimum atomic E-state index is -0.301. The van der Waals surface area contributed by atoms with Gasteiger partial charge in [0.15, 0.2) is 10.9 Å². The number of hydrogen-bond donors (Lipinski definition) is 1. The van der Waals surface area contributed by atoms with Crippen molar-refractivity contribution in [3.8, 4) is 0 Å². The molecule has 0 spiro atoms. The number of hydrogen-bond acceptors (Lipinski definition) is 5. The largest absolute Gasteiger partial charge is 0.301 e. The molecule has 1 N–H and O–H groups in total. The number of halogens is 1. The van der Waals surface area contributed by atoms with E-state index in [0.29, 0.717) is 27.9 Å². The number of nitrogens with one attached hydrogen (secondary N) is 1. The second-order valence-corrected chi connectivity index (χ2v) is 9.79. The Bertz CT molecular complexity index is 1030. The van der Waals surface area contributed by atoms with Crippen LogP contribution < -0.4 is 5.32 Å². The first-order valence-electron chi connectivity index (χ1n) is 9.30. The van der Waals surface area contributed by atoms with Crippen LogP contribution in [0, 0.1) is 0 Å². The van der Waals surface area contributed by atoms with Gasteiger partial charge in [-0.1, -0.05) is 53.3 Å². The minimum Gasteiger partial charge on any atom is -0.301 e. The molecule has 2 atom stereocenters. The molecule has 0 saturated heterocycles. The van der Waals surface area contributed by atoms with Crippen molar-refractivity contribution in [1.29, 1.82) is 0 Å². The summed E-state index contributed by atoms with van der Waals surface area (Å²) in [5.41, 5.74) is 1.94. The first kappa shape index (κ1) is 20.1. The summed E-state index contributed by atoms with van der Waals surface area (Å²) in [4.78, 5) is 31.4. The number of anilines is 1. The second-order valence-electron chi connectivity index (χ2n) is 6.94. The Hall–Kier alpha value is -2.15. The van der Waals surface area contributed by atoms with Crippen LogP contribution in [0.25, 0.3) is 0 Å². The fourth-order valence-corrected chi connectivity index (χ4v) is 5.26. The van der Waals surface area contributed by atoms with Gasteiger partial charge in [0.1, 0.15) is 0 Å².